The van der Waals surface area contributed by atoms with Crippen molar-refractivity contribution in [3.05, 3.63) is 59.4 Å². The van der Waals surface area contributed by atoms with Crippen molar-refractivity contribution in [1.29, 1.82) is 0 Å². The highest BCUT2D eigenvalue weighted by Crippen LogP contribution is 2.38. The molecule has 0 radical (unpaired) electrons. The predicted molar refractivity (Wildman–Crippen MR) is 119 cm³/mol. The van der Waals surface area contributed by atoms with Gasteiger partial charge in [0.15, 0.2) is 12.4 Å². The molecule has 0 fully saturated rings. The molecular formula is C26H40ClNO. The molecule has 0 saturated carbocycles. The monoisotopic (exact) mass is 417 g/mol. The fourth-order valence-corrected chi connectivity index (χ4v) is 3.26. The summed E-state index contributed by atoms with van der Waals surface area (Å²) in [6, 6.07) is 11.2. The SMILES string of the molecule is CCC(C)(C)c1ccc(OCCCC[n+]2ccc(C)cc2)c(C(C)(C)CC)c1.[Cl-]. The van der Waals surface area contributed by atoms with Crippen LogP contribution in [0.25, 0.3) is 0 Å². The van der Waals surface area contributed by atoms with E-state index in [0.717, 1.165) is 44.6 Å². The van der Waals surface area contributed by atoms with Crippen molar-refractivity contribution in [1.82, 2.24) is 0 Å². The smallest absolute Gasteiger partial charge is 0.169 e. The molecule has 0 bridgehead atoms. The van der Waals surface area contributed by atoms with Crippen LogP contribution in [0.15, 0.2) is 42.7 Å². The molecule has 1 aromatic heterocycles. The molecule has 2 nitrogen and oxygen atoms in total. The maximum Gasteiger partial charge on any atom is 0.169 e. The summed E-state index contributed by atoms with van der Waals surface area (Å²) in [6.45, 7) is 17.8. The van der Waals surface area contributed by atoms with Crippen molar-refractivity contribution < 1.29 is 21.7 Å². The maximum atomic E-state index is 6.27. The maximum absolute atomic E-state index is 6.27. The minimum Gasteiger partial charge on any atom is -1.00 e. The van der Waals surface area contributed by atoms with Gasteiger partial charge in [-0.15, -0.1) is 0 Å². The van der Waals surface area contributed by atoms with Crippen molar-refractivity contribution in [2.75, 3.05) is 6.61 Å². The molecule has 0 aliphatic carbocycles. The number of unbranched alkanes of at least 4 members (excludes halogenated alkanes) is 1. The average Bonchev–Trinajstić information content (AvgIpc) is 2.69. The summed E-state index contributed by atoms with van der Waals surface area (Å²) in [5.41, 5.74) is 4.38. The molecule has 0 unspecified atom stereocenters. The topological polar surface area (TPSA) is 13.1 Å². The van der Waals surface area contributed by atoms with Crippen molar-refractivity contribution in [3.63, 3.8) is 0 Å². The van der Waals surface area contributed by atoms with E-state index in [4.69, 9.17) is 4.74 Å². The average molecular weight is 418 g/mol. The third kappa shape index (κ3) is 7.03. The standard InChI is InChI=1S/C26H40NO.ClH/c1-8-25(4,5)22-12-13-24(23(20-22)26(6,7)9-2)28-19-11-10-16-27-17-14-21(3)15-18-27;/h12-15,17-18,20H,8-11,16,19H2,1-7H3;1H/q+1;/p-1. The van der Waals surface area contributed by atoms with Gasteiger partial charge in [0, 0.05) is 24.1 Å². The first-order chi connectivity index (χ1) is 13.2. The summed E-state index contributed by atoms with van der Waals surface area (Å²) in [7, 11) is 0. The van der Waals surface area contributed by atoms with E-state index in [9.17, 15) is 0 Å². The van der Waals surface area contributed by atoms with Gasteiger partial charge in [0.2, 0.25) is 0 Å². The van der Waals surface area contributed by atoms with E-state index in [1.165, 1.54) is 16.7 Å². The van der Waals surface area contributed by atoms with Crippen molar-refractivity contribution in [2.45, 2.75) is 91.5 Å². The van der Waals surface area contributed by atoms with Gasteiger partial charge in [0.1, 0.15) is 12.3 Å². The first-order valence-electron chi connectivity index (χ1n) is 10.9. The van der Waals surface area contributed by atoms with Crippen molar-refractivity contribution in [2.24, 2.45) is 0 Å². The first-order valence-corrected chi connectivity index (χ1v) is 10.9. The Labute approximate surface area is 185 Å². The number of aromatic nitrogens is 1. The number of hydrogen-bond donors (Lipinski definition) is 0. The molecule has 0 atom stereocenters. The molecule has 0 aliphatic heterocycles. The van der Waals surface area contributed by atoms with Gasteiger partial charge in [-0.05, 0) is 54.2 Å². The lowest BCUT2D eigenvalue weighted by atomic mass is 9.76. The Morgan fingerprint density at radius 1 is 0.862 bits per heavy atom. The molecule has 162 valence electrons. The molecule has 0 saturated heterocycles. The number of pyridine rings is 1. The largest absolute Gasteiger partial charge is 1.00 e. The zero-order valence-corrected chi connectivity index (χ0v) is 20.3. The highest BCUT2D eigenvalue weighted by Gasteiger charge is 2.26. The van der Waals surface area contributed by atoms with Crippen LogP contribution >= 0.6 is 0 Å². The fourth-order valence-electron chi connectivity index (χ4n) is 3.26. The number of rotatable bonds is 10. The van der Waals surface area contributed by atoms with Crippen LogP contribution in [0.5, 0.6) is 5.75 Å². The van der Waals surface area contributed by atoms with E-state index >= 15 is 0 Å². The summed E-state index contributed by atoms with van der Waals surface area (Å²) in [4.78, 5) is 0. The number of aryl methyl sites for hydroxylation is 2. The normalized spacial score (nSPS) is 11.8. The Morgan fingerprint density at radius 2 is 1.48 bits per heavy atom. The van der Waals surface area contributed by atoms with Gasteiger partial charge in [0.05, 0.1) is 6.61 Å². The van der Waals surface area contributed by atoms with Gasteiger partial charge in [-0.3, -0.25) is 0 Å². The van der Waals surface area contributed by atoms with E-state index < -0.39 is 0 Å². The lowest BCUT2D eigenvalue weighted by Crippen LogP contribution is -3.00. The zero-order valence-electron chi connectivity index (χ0n) is 19.5. The highest BCUT2D eigenvalue weighted by molar-refractivity contribution is 5.44. The van der Waals surface area contributed by atoms with Crippen LogP contribution in [0.2, 0.25) is 0 Å². The Hall–Kier alpha value is -1.54. The van der Waals surface area contributed by atoms with E-state index in [1.54, 1.807) is 0 Å². The van der Waals surface area contributed by atoms with E-state index in [-0.39, 0.29) is 23.2 Å². The van der Waals surface area contributed by atoms with Crippen molar-refractivity contribution >= 4 is 0 Å². The minimum absolute atomic E-state index is 0. The van der Waals surface area contributed by atoms with Gasteiger partial charge in [0.25, 0.3) is 0 Å². The van der Waals surface area contributed by atoms with E-state index in [1.807, 2.05) is 0 Å². The van der Waals surface area contributed by atoms with Gasteiger partial charge in [-0.1, -0.05) is 53.7 Å². The van der Waals surface area contributed by atoms with Crippen LogP contribution < -0.4 is 21.7 Å². The number of benzene rings is 1. The van der Waals surface area contributed by atoms with Crippen molar-refractivity contribution in [3.8, 4) is 5.75 Å². The molecule has 1 aromatic carbocycles. The van der Waals surface area contributed by atoms with Gasteiger partial charge in [-0.2, -0.15) is 0 Å². The molecule has 2 rings (SSSR count). The summed E-state index contributed by atoms with van der Waals surface area (Å²) < 4.78 is 8.52. The third-order valence-electron chi connectivity index (χ3n) is 6.38. The number of halogens is 1. The van der Waals surface area contributed by atoms with Crippen LogP contribution in [0.3, 0.4) is 0 Å². The lowest BCUT2D eigenvalue weighted by molar-refractivity contribution is -0.697. The molecule has 0 aliphatic rings. The summed E-state index contributed by atoms with van der Waals surface area (Å²) in [5, 5.41) is 0. The van der Waals surface area contributed by atoms with Crippen LogP contribution in [0.4, 0.5) is 0 Å². The molecule has 0 amide bonds. The predicted octanol–water partition coefficient (Wildman–Crippen LogP) is 3.52. The third-order valence-corrected chi connectivity index (χ3v) is 6.38. The second-order valence-corrected chi connectivity index (χ2v) is 9.35. The molecule has 3 heteroatoms. The summed E-state index contributed by atoms with van der Waals surface area (Å²) >= 11 is 0. The Bertz CT molecular complexity index is 750. The van der Waals surface area contributed by atoms with Crippen LogP contribution in [0, 0.1) is 6.92 Å². The fraction of sp³-hybridized carbons (Fsp3) is 0.577. The first kappa shape index (κ1) is 25.5. The molecule has 2 aromatic rings. The molecule has 0 spiro atoms. The molecular weight excluding hydrogens is 378 g/mol. The number of ether oxygens (including phenoxy) is 1. The Morgan fingerprint density at radius 3 is 2.07 bits per heavy atom. The van der Waals surface area contributed by atoms with Crippen LogP contribution in [-0.4, -0.2) is 6.61 Å². The zero-order chi connectivity index (χ0) is 20.8. The van der Waals surface area contributed by atoms with Crippen LogP contribution in [0.1, 0.15) is 83.9 Å². The summed E-state index contributed by atoms with van der Waals surface area (Å²) in [5.74, 6) is 1.06. The quantitative estimate of drug-likeness (QED) is 0.425. The lowest BCUT2D eigenvalue weighted by Gasteiger charge is -2.30. The Kier molecular flexibility index (Phi) is 9.68. The second-order valence-electron chi connectivity index (χ2n) is 9.35. The molecule has 1 heterocycles. The minimum atomic E-state index is 0. The van der Waals surface area contributed by atoms with E-state index in [2.05, 4.69) is 95.8 Å². The van der Waals surface area contributed by atoms with Gasteiger partial charge >= 0.3 is 0 Å². The van der Waals surface area contributed by atoms with Gasteiger partial charge < -0.3 is 17.1 Å². The Balaban J connectivity index is 0.00000420. The summed E-state index contributed by atoms with van der Waals surface area (Å²) in [6.07, 6.45) is 8.74. The molecule has 29 heavy (non-hydrogen) atoms. The molecule has 0 N–H and O–H groups in total. The van der Waals surface area contributed by atoms with E-state index in [0.29, 0.717) is 0 Å². The van der Waals surface area contributed by atoms with Gasteiger partial charge in [-0.25, -0.2) is 4.57 Å². The number of nitrogens with zero attached hydrogens (tertiary/aromatic N) is 1. The number of hydrogen-bond acceptors (Lipinski definition) is 1. The van der Waals surface area contributed by atoms with Crippen LogP contribution in [-0.2, 0) is 17.4 Å². The highest BCUT2D eigenvalue weighted by atomic mass is 35.5. The second kappa shape index (κ2) is 11.0.